The summed E-state index contributed by atoms with van der Waals surface area (Å²) in [4.78, 5) is 12.4. The fourth-order valence-electron chi connectivity index (χ4n) is 2.74. The first-order chi connectivity index (χ1) is 10.6. The molecule has 1 aromatic heterocycles. The Morgan fingerprint density at radius 2 is 2.09 bits per heavy atom. The molecule has 3 rings (SSSR count). The third-order valence-corrected chi connectivity index (χ3v) is 4.67. The van der Waals surface area contributed by atoms with Crippen molar-refractivity contribution >= 4 is 29.1 Å². The summed E-state index contributed by atoms with van der Waals surface area (Å²) in [5, 5.41) is 12.0. The van der Waals surface area contributed by atoms with Crippen LogP contribution in [0.15, 0.2) is 30.5 Å². The van der Waals surface area contributed by atoms with E-state index in [1.165, 1.54) is 6.20 Å². The molecule has 4 nitrogen and oxygen atoms in total. The topological polar surface area (TPSA) is 54.9 Å². The average Bonchev–Trinajstić information content (AvgIpc) is 2.46. The molecule has 1 N–H and O–H groups in total. The van der Waals surface area contributed by atoms with Crippen LogP contribution in [0.3, 0.4) is 0 Å². The van der Waals surface area contributed by atoms with Gasteiger partial charge in [0, 0.05) is 22.0 Å². The molecular weight excluding hydrogens is 321 g/mol. The van der Waals surface area contributed by atoms with Crippen LogP contribution < -0.4 is 5.32 Å². The van der Waals surface area contributed by atoms with Crippen molar-refractivity contribution in [3.63, 3.8) is 0 Å². The summed E-state index contributed by atoms with van der Waals surface area (Å²) in [7, 11) is 0. The van der Waals surface area contributed by atoms with Gasteiger partial charge in [0.1, 0.15) is 0 Å². The summed E-state index contributed by atoms with van der Waals surface area (Å²) >= 11 is 12.2. The van der Waals surface area contributed by atoms with E-state index in [-0.39, 0.29) is 17.9 Å². The van der Waals surface area contributed by atoms with Crippen LogP contribution in [0, 0.1) is 6.92 Å². The highest BCUT2D eigenvalue weighted by molar-refractivity contribution is 6.35. The Kier molecular flexibility index (Phi) is 4.32. The van der Waals surface area contributed by atoms with Crippen molar-refractivity contribution in [3.05, 3.63) is 57.3 Å². The number of aromatic nitrogens is 2. The normalized spacial score (nSPS) is 20.3. The van der Waals surface area contributed by atoms with Gasteiger partial charge in [0.05, 0.1) is 17.5 Å². The lowest BCUT2D eigenvalue weighted by atomic mass is 9.75. The Labute approximate surface area is 138 Å². The highest BCUT2D eigenvalue weighted by atomic mass is 35.5. The summed E-state index contributed by atoms with van der Waals surface area (Å²) < 4.78 is 0. The van der Waals surface area contributed by atoms with Crippen LogP contribution in [0.1, 0.15) is 40.4 Å². The number of hydrogen-bond donors (Lipinski definition) is 1. The van der Waals surface area contributed by atoms with Gasteiger partial charge < -0.3 is 5.32 Å². The quantitative estimate of drug-likeness (QED) is 0.928. The lowest BCUT2D eigenvalue weighted by molar-refractivity contribution is 0.0903. The molecule has 2 aromatic rings. The van der Waals surface area contributed by atoms with Gasteiger partial charge >= 0.3 is 0 Å². The molecule has 22 heavy (non-hydrogen) atoms. The van der Waals surface area contributed by atoms with E-state index in [2.05, 4.69) is 15.5 Å². The van der Waals surface area contributed by atoms with Crippen LogP contribution in [0.25, 0.3) is 0 Å². The van der Waals surface area contributed by atoms with E-state index in [0.717, 1.165) is 18.4 Å². The maximum atomic E-state index is 12.4. The number of amides is 1. The second-order valence-corrected chi connectivity index (χ2v) is 6.30. The summed E-state index contributed by atoms with van der Waals surface area (Å²) in [6.07, 6.45) is 3.46. The molecule has 2 atom stereocenters. The van der Waals surface area contributed by atoms with Gasteiger partial charge in [-0.3, -0.25) is 4.79 Å². The summed E-state index contributed by atoms with van der Waals surface area (Å²) in [6.45, 7) is 1.77. The number of nitrogens with one attached hydrogen (secondary N) is 1. The van der Waals surface area contributed by atoms with Gasteiger partial charge in [-0.1, -0.05) is 29.3 Å². The Hall–Kier alpha value is -1.65. The zero-order valence-electron chi connectivity index (χ0n) is 12.0. The number of carbonyl (C=O) groups is 1. The van der Waals surface area contributed by atoms with Crippen molar-refractivity contribution in [2.24, 2.45) is 0 Å². The second-order valence-electron chi connectivity index (χ2n) is 5.46. The monoisotopic (exact) mass is 335 g/mol. The molecule has 1 aromatic carbocycles. The summed E-state index contributed by atoms with van der Waals surface area (Å²) in [5.41, 5.74) is 2.22. The van der Waals surface area contributed by atoms with E-state index >= 15 is 0 Å². The Morgan fingerprint density at radius 1 is 1.27 bits per heavy atom. The minimum Gasteiger partial charge on any atom is -0.349 e. The Morgan fingerprint density at radius 3 is 2.73 bits per heavy atom. The standard InChI is InChI=1S/C16H15Cl2N3O/c1-9-11(6-7-19-21-9)16(22)20-15-5-4-13(15)12-3-2-10(17)8-14(12)18/h2-3,6-8,13,15H,4-5H2,1H3,(H,20,22)/t13-,15-/m0/s1. The molecule has 0 saturated heterocycles. The number of aryl methyl sites for hydroxylation is 1. The van der Waals surface area contributed by atoms with Gasteiger partial charge in [-0.15, -0.1) is 0 Å². The van der Waals surface area contributed by atoms with Crippen LogP contribution in [0.4, 0.5) is 0 Å². The minimum atomic E-state index is -0.118. The second kappa shape index (κ2) is 6.23. The van der Waals surface area contributed by atoms with Crippen molar-refractivity contribution in [1.29, 1.82) is 0 Å². The smallest absolute Gasteiger partial charge is 0.253 e. The van der Waals surface area contributed by atoms with Gasteiger partial charge in [-0.05, 0) is 43.5 Å². The maximum absolute atomic E-state index is 12.4. The predicted molar refractivity (Wildman–Crippen MR) is 86.5 cm³/mol. The van der Waals surface area contributed by atoms with Crippen LogP contribution in [0.5, 0.6) is 0 Å². The number of benzene rings is 1. The van der Waals surface area contributed by atoms with Crippen LogP contribution in [-0.2, 0) is 0 Å². The van der Waals surface area contributed by atoms with E-state index in [1.807, 2.05) is 12.1 Å². The maximum Gasteiger partial charge on any atom is 0.253 e. The number of carbonyl (C=O) groups excluding carboxylic acids is 1. The lowest BCUT2D eigenvalue weighted by Crippen LogP contribution is -2.45. The molecule has 0 spiro atoms. The molecule has 0 unspecified atom stereocenters. The third kappa shape index (κ3) is 2.94. The van der Waals surface area contributed by atoms with E-state index in [4.69, 9.17) is 23.2 Å². The Bertz CT molecular complexity index is 720. The van der Waals surface area contributed by atoms with Gasteiger partial charge in [-0.2, -0.15) is 10.2 Å². The zero-order valence-corrected chi connectivity index (χ0v) is 13.5. The van der Waals surface area contributed by atoms with E-state index in [0.29, 0.717) is 21.3 Å². The number of rotatable bonds is 3. The molecule has 1 heterocycles. The fraction of sp³-hybridized carbons (Fsp3) is 0.312. The van der Waals surface area contributed by atoms with Gasteiger partial charge in [0.2, 0.25) is 0 Å². The molecule has 1 saturated carbocycles. The molecule has 1 aliphatic carbocycles. The van der Waals surface area contributed by atoms with Crippen LogP contribution >= 0.6 is 23.2 Å². The summed E-state index contributed by atoms with van der Waals surface area (Å²) in [6, 6.07) is 7.27. The molecule has 1 amide bonds. The zero-order chi connectivity index (χ0) is 15.7. The molecule has 6 heteroatoms. The van der Waals surface area contributed by atoms with Crippen molar-refractivity contribution < 1.29 is 4.79 Å². The molecule has 0 aliphatic heterocycles. The first kappa shape index (κ1) is 15.3. The average molecular weight is 336 g/mol. The van der Waals surface area contributed by atoms with Crippen molar-refractivity contribution in [1.82, 2.24) is 15.5 Å². The Balaban J connectivity index is 1.74. The van der Waals surface area contributed by atoms with Gasteiger partial charge in [0.15, 0.2) is 0 Å². The van der Waals surface area contributed by atoms with E-state index in [9.17, 15) is 4.79 Å². The number of hydrogen-bond acceptors (Lipinski definition) is 3. The first-order valence-corrected chi connectivity index (χ1v) is 7.86. The molecule has 1 aliphatic rings. The third-order valence-electron chi connectivity index (χ3n) is 4.10. The SMILES string of the molecule is Cc1nnccc1C(=O)N[C@H]1CC[C@H]1c1ccc(Cl)cc1Cl. The van der Waals surface area contributed by atoms with E-state index < -0.39 is 0 Å². The van der Waals surface area contributed by atoms with Crippen LogP contribution in [0.2, 0.25) is 10.0 Å². The molecule has 0 radical (unpaired) electrons. The first-order valence-electron chi connectivity index (χ1n) is 7.10. The fourth-order valence-corrected chi connectivity index (χ4v) is 3.28. The number of nitrogens with zero attached hydrogens (tertiary/aromatic N) is 2. The van der Waals surface area contributed by atoms with Gasteiger partial charge in [0.25, 0.3) is 5.91 Å². The van der Waals surface area contributed by atoms with E-state index in [1.54, 1.807) is 19.1 Å². The highest BCUT2D eigenvalue weighted by Crippen LogP contribution is 2.40. The highest BCUT2D eigenvalue weighted by Gasteiger charge is 2.34. The summed E-state index contributed by atoms with van der Waals surface area (Å²) in [5.74, 6) is 0.107. The molecule has 114 valence electrons. The van der Waals surface area contributed by atoms with Crippen molar-refractivity contribution in [3.8, 4) is 0 Å². The van der Waals surface area contributed by atoms with Crippen molar-refractivity contribution in [2.45, 2.75) is 31.7 Å². The van der Waals surface area contributed by atoms with Crippen molar-refractivity contribution in [2.75, 3.05) is 0 Å². The lowest BCUT2D eigenvalue weighted by Gasteiger charge is -2.38. The molecule has 1 fully saturated rings. The molecule has 0 bridgehead atoms. The molecular formula is C16H15Cl2N3O. The largest absolute Gasteiger partial charge is 0.349 e. The minimum absolute atomic E-state index is 0.0822. The number of halogens is 2. The predicted octanol–water partition coefficient (Wildman–Crippen LogP) is 3.77. The van der Waals surface area contributed by atoms with Crippen LogP contribution in [-0.4, -0.2) is 22.1 Å². The van der Waals surface area contributed by atoms with Gasteiger partial charge in [-0.25, -0.2) is 0 Å².